The van der Waals surface area contributed by atoms with E-state index < -0.39 is 0 Å². The lowest BCUT2D eigenvalue weighted by Crippen LogP contribution is -2.47. The summed E-state index contributed by atoms with van der Waals surface area (Å²) in [5.74, 6) is 1.91. The van der Waals surface area contributed by atoms with E-state index in [0.717, 1.165) is 50.8 Å². The Kier molecular flexibility index (Phi) is 3.86. The predicted octanol–water partition coefficient (Wildman–Crippen LogP) is 1.24. The van der Waals surface area contributed by atoms with Gasteiger partial charge >= 0.3 is 5.69 Å². The fraction of sp³-hybridized carbons (Fsp3) is 0.421. The van der Waals surface area contributed by atoms with Crippen LogP contribution in [0, 0.1) is 0 Å². The second-order valence-corrected chi connectivity index (χ2v) is 7.17. The summed E-state index contributed by atoms with van der Waals surface area (Å²) in [6, 6.07) is 8.84. The smallest absolute Gasteiger partial charge is 0.348 e. The Morgan fingerprint density at radius 3 is 2.89 bits per heavy atom. The van der Waals surface area contributed by atoms with Gasteiger partial charge in [0.15, 0.2) is 5.65 Å². The van der Waals surface area contributed by atoms with E-state index in [4.69, 9.17) is 4.74 Å². The van der Waals surface area contributed by atoms with E-state index >= 15 is 0 Å². The lowest BCUT2D eigenvalue weighted by Gasteiger charge is -2.38. The molecule has 1 aromatic carbocycles. The van der Waals surface area contributed by atoms with Gasteiger partial charge in [-0.2, -0.15) is 5.10 Å². The molecule has 2 aromatic heterocycles. The van der Waals surface area contributed by atoms with Crippen LogP contribution in [0.3, 0.4) is 0 Å². The number of ether oxygens (including phenoxy) is 1. The molecule has 0 spiro atoms. The molecule has 8 heteroatoms. The minimum absolute atomic E-state index is 0.263. The largest absolute Gasteiger partial charge is 0.493 e. The van der Waals surface area contributed by atoms with Gasteiger partial charge < -0.3 is 9.64 Å². The Morgan fingerprint density at radius 1 is 1.19 bits per heavy atom. The predicted molar refractivity (Wildman–Crippen MR) is 101 cm³/mol. The van der Waals surface area contributed by atoms with Gasteiger partial charge in [0, 0.05) is 44.7 Å². The van der Waals surface area contributed by atoms with Crippen molar-refractivity contribution in [2.45, 2.75) is 19.4 Å². The first-order valence-corrected chi connectivity index (χ1v) is 9.36. The van der Waals surface area contributed by atoms with Gasteiger partial charge in [-0.3, -0.25) is 4.90 Å². The molecule has 27 heavy (non-hydrogen) atoms. The van der Waals surface area contributed by atoms with Crippen molar-refractivity contribution in [1.29, 1.82) is 0 Å². The molecule has 1 unspecified atom stereocenters. The summed E-state index contributed by atoms with van der Waals surface area (Å²) in [6.45, 7) is 6.75. The van der Waals surface area contributed by atoms with Crippen LogP contribution in [-0.4, -0.2) is 57.3 Å². The lowest BCUT2D eigenvalue weighted by molar-refractivity contribution is 0.198. The molecule has 8 nitrogen and oxygen atoms in total. The third kappa shape index (κ3) is 2.86. The number of fused-ring (bicyclic) bond motifs is 2. The van der Waals surface area contributed by atoms with Crippen molar-refractivity contribution in [3.05, 3.63) is 52.2 Å². The fourth-order valence-electron chi connectivity index (χ4n) is 3.96. The first kappa shape index (κ1) is 16.3. The van der Waals surface area contributed by atoms with E-state index in [9.17, 15) is 4.79 Å². The van der Waals surface area contributed by atoms with Gasteiger partial charge in [-0.05, 0) is 24.1 Å². The average molecular weight is 366 g/mol. The van der Waals surface area contributed by atoms with E-state index in [-0.39, 0.29) is 5.69 Å². The van der Waals surface area contributed by atoms with Crippen molar-refractivity contribution in [3.8, 4) is 5.75 Å². The average Bonchev–Trinajstić information content (AvgIpc) is 3.33. The van der Waals surface area contributed by atoms with Gasteiger partial charge in [0.2, 0.25) is 0 Å². The number of nitrogens with zero attached hydrogens (tertiary/aromatic N) is 5. The van der Waals surface area contributed by atoms with Crippen molar-refractivity contribution in [1.82, 2.24) is 24.5 Å². The number of hydrogen-bond donors (Lipinski definition) is 1. The second kappa shape index (κ2) is 6.38. The number of hydrogen-bond acceptors (Lipinski definition) is 6. The van der Waals surface area contributed by atoms with E-state index in [0.29, 0.717) is 11.7 Å². The van der Waals surface area contributed by atoms with Crippen molar-refractivity contribution >= 4 is 11.5 Å². The van der Waals surface area contributed by atoms with E-state index in [1.165, 1.54) is 21.9 Å². The third-order valence-corrected chi connectivity index (χ3v) is 5.68. The second-order valence-electron chi connectivity index (χ2n) is 7.17. The number of aromatic nitrogens is 4. The maximum absolute atomic E-state index is 11.6. The van der Waals surface area contributed by atoms with Crippen LogP contribution >= 0.6 is 0 Å². The zero-order valence-electron chi connectivity index (χ0n) is 15.3. The number of nitrogens with one attached hydrogen (secondary N) is 1. The number of rotatable bonds is 3. The Bertz CT molecular complexity index is 1030. The van der Waals surface area contributed by atoms with E-state index in [1.54, 1.807) is 0 Å². The third-order valence-electron chi connectivity index (χ3n) is 5.68. The van der Waals surface area contributed by atoms with Crippen LogP contribution in [0.4, 0.5) is 5.82 Å². The Balaban J connectivity index is 1.28. The molecule has 0 radical (unpaired) electrons. The van der Waals surface area contributed by atoms with Crippen LogP contribution in [-0.2, 0) is 6.42 Å². The highest BCUT2D eigenvalue weighted by Crippen LogP contribution is 2.31. The number of aromatic amines is 1. The molecular weight excluding hydrogens is 344 g/mol. The van der Waals surface area contributed by atoms with Crippen molar-refractivity contribution < 1.29 is 4.74 Å². The molecule has 2 aliphatic heterocycles. The SMILES string of the molecule is CC(c1ccc2c(c1)OCC2)N1CCN(c2cc3n[nH]c(=O)n3cn2)CC1. The lowest BCUT2D eigenvalue weighted by atomic mass is 10.0. The molecule has 0 aliphatic carbocycles. The maximum Gasteiger partial charge on any atom is 0.348 e. The molecular formula is C19H22N6O2. The molecule has 1 N–H and O–H groups in total. The maximum atomic E-state index is 11.6. The van der Waals surface area contributed by atoms with Gasteiger partial charge in [0.1, 0.15) is 17.9 Å². The Morgan fingerprint density at radius 2 is 2.04 bits per heavy atom. The van der Waals surface area contributed by atoms with Crippen molar-refractivity contribution in [2.24, 2.45) is 0 Å². The molecule has 5 rings (SSSR count). The zero-order chi connectivity index (χ0) is 18.4. The minimum atomic E-state index is -0.263. The summed E-state index contributed by atoms with van der Waals surface area (Å²) >= 11 is 0. The molecule has 1 saturated heterocycles. The molecule has 2 aliphatic rings. The van der Waals surface area contributed by atoms with Crippen LogP contribution in [0.1, 0.15) is 24.1 Å². The van der Waals surface area contributed by atoms with Crippen molar-refractivity contribution in [3.63, 3.8) is 0 Å². The Labute approximate surface area is 156 Å². The molecule has 4 heterocycles. The summed E-state index contributed by atoms with van der Waals surface area (Å²) in [4.78, 5) is 20.7. The summed E-state index contributed by atoms with van der Waals surface area (Å²) in [7, 11) is 0. The summed E-state index contributed by atoms with van der Waals surface area (Å²) in [5, 5.41) is 6.47. The highest BCUT2D eigenvalue weighted by Gasteiger charge is 2.24. The standard InChI is InChI=1S/C19H22N6O2/c1-13(15-3-2-14-4-9-27-16(14)10-15)23-5-7-24(8-6-23)17-11-18-21-22-19(26)25(18)12-20-17/h2-3,10-13H,4-9H2,1H3,(H,22,26). The number of anilines is 1. The minimum Gasteiger partial charge on any atom is -0.493 e. The van der Waals surface area contributed by atoms with Gasteiger partial charge in [-0.15, -0.1) is 0 Å². The first-order chi connectivity index (χ1) is 13.2. The van der Waals surface area contributed by atoms with Gasteiger partial charge in [0.05, 0.1) is 6.61 Å². The quantitative estimate of drug-likeness (QED) is 0.751. The topological polar surface area (TPSA) is 78.8 Å². The fourth-order valence-corrected chi connectivity index (χ4v) is 3.96. The van der Waals surface area contributed by atoms with Crippen LogP contribution < -0.4 is 15.3 Å². The first-order valence-electron chi connectivity index (χ1n) is 9.36. The number of piperazine rings is 1. The molecule has 0 bridgehead atoms. The highest BCUT2D eigenvalue weighted by atomic mass is 16.5. The summed E-state index contributed by atoms with van der Waals surface area (Å²) in [5.41, 5.74) is 2.95. The molecule has 3 aromatic rings. The van der Waals surface area contributed by atoms with E-state index in [1.807, 2.05) is 6.07 Å². The molecule has 0 saturated carbocycles. The summed E-state index contributed by atoms with van der Waals surface area (Å²) < 4.78 is 7.14. The van der Waals surface area contributed by atoms with Crippen LogP contribution in [0.5, 0.6) is 5.75 Å². The van der Waals surface area contributed by atoms with Gasteiger partial charge in [-0.1, -0.05) is 12.1 Å². The normalized spacial score (nSPS) is 18.5. The Hall–Kier alpha value is -2.87. The monoisotopic (exact) mass is 366 g/mol. The number of H-pyrrole nitrogens is 1. The summed E-state index contributed by atoms with van der Waals surface area (Å²) in [6.07, 6.45) is 2.55. The van der Waals surface area contributed by atoms with Crippen LogP contribution in [0.15, 0.2) is 35.4 Å². The molecule has 1 atom stereocenters. The molecule has 140 valence electrons. The highest BCUT2D eigenvalue weighted by molar-refractivity contribution is 5.50. The zero-order valence-corrected chi connectivity index (χ0v) is 15.3. The van der Waals surface area contributed by atoms with E-state index in [2.05, 4.69) is 50.1 Å². The van der Waals surface area contributed by atoms with Gasteiger partial charge in [-0.25, -0.2) is 19.3 Å². The molecule has 1 fully saturated rings. The van der Waals surface area contributed by atoms with Gasteiger partial charge in [0.25, 0.3) is 0 Å². The molecule has 0 amide bonds. The van der Waals surface area contributed by atoms with Crippen LogP contribution in [0.25, 0.3) is 5.65 Å². The number of benzene rings is 1. The van der Waals surface area contributed by atoms with Crippen LogP contribution in [0.2, 0.25) is 0 Å². The van der Waals surface area contributed by atoms with Crippen molar-refractivity contribution in [2.75, 3.05) is 37.7 Å².